The number of hydrogen-bond acceptors (Lipinski definition) is 6. The van der Waals surface area contributed by atoms with Crippen LogP contribution in [0.15, 0.2) is 77.5 Å². The highest BCUT2D eigenvalue weighted by Crippen LogP contribution is 2.27. The van der Waals surface area contributed by atoms with Gasteiger partial charge in [0.2, 0.25) is 5.91 Å². The number of carbonyl (C=O) groups excluding carboxylic acids is 1. The zero-order valence-corrected chi connectivity index (χ0v) is 20.3. The summed E-state index contributed by atoms with van der Waals surface area (Å²) in [5.74, 6) is 0.907. The first-order chi connectivity index (χ1) is 16.7. The Morgan fingerprint density at radius 3 is 2.44 bits per heavy atom. The summed E-state index contributed by atoms with van der Waals surface area (Å²) in [5.41, 5.74) is 2.93. The summed E-state index contributed by atoms with van der Waals surface area (Å²) in [6.07, 6.45) is 4.33. The summed E-state index contributed by atoms with van der Waals surface area (Å²) < 4.78 is 0.944. The molecule has 1 saturated heterocycles. The number of carbonyl (C=O) groups is 1. The van der Waals surface area contributed by atoms with Crippen molar-refractivity contribution in [1.82, 2.24) is 20.1 Å². The number of halogens is 1. The van der Waals surface area contributed by atoms with Crippen LogP contribution in [0.2, 0.25) is 0 Å². The molecule has 2 aromatic carbocycles. The molecule has 8 heteroatoms. The molecule has 7 nitrogen and oxygen atoms in total. The van der Waals surface area contributed by atoms with E-state index in [2.05, 4.69) is 58.4 Å². The van der Waals surface area contributed by atoms with Gasteiger partial charge in [-0.05, 0) is 35.9 Å². The Kier molecular flexibility index (Phi) is 6.78. The molecule has 1 aliphatic rings. The van der Waals surface area contributed by atoms with Gasteiger partial charge in [-0.15, -0.1) is 5.10 Å². The van der Waals surface area contributed by atoms with Gasteiger partial charge in [-0.1, -0.05) is 46.3 Å². The third-order valence-electron chi connectivity index (χ3n) is 6.01. The molecule has 34 heavy (non-hydrogen) atoms. The third kappa shape index (κ3) is 5.24. The third-order valence-corrected chi connectivity index (χ3v) is 6.51. The molecule has 172 valence electrons. The van der Waals surface area contributed by atoms with E-state index in [9.17, 15) is 4.79 Å². The Morgan fingerprint density at radius 2 is 1.68 bits per heavy atom. The van der Waals surface area contributed by atoms with Crippen LogP contribution in [0.3, 0.4) is 0 Å². The van der Waals surface area contributed by atoms with Crippen LogP contribution in [0, 0.1) is 0 Å². The number of benzene rings is 2. The van der Waals surface area contributed by atoms with Gasteiger partial charge >= 0.3 is 0 Å². The normalized spacial score (nSPS) is 14.3. The molecule has 0 saturated carbocycles. The number of piperazine rings is 1. The van der Waals surface area contributed by atoms with Crippen LogP contribution in [0.5, 0.6) is 0 Å². The maximum absolute atomic E-state index is 12.5. The van der Waals surface area contributed by atoms with Crippen LogP contribution >= 0.6 is 15.9 Å². The highest BCUT2D eigenvalue weighted by molar-refractivity contribution is 9.10. The molecule has 4 aromatic rings. The van der Waals surface area contributed by atoms with Gasteiger partial charge in [-0.25, -0.2) is 0 Å². The lowest BCUT2D eigenvalue weighted by Crippen LogP contribution is -2.49. The van der Waals surface area contributed by atoms with E-state index in [0.717, 1.165) is 70.6 Å². The summed E-state index contributed by atoms with van der Waals surface area (Å²) >= 11 is 3.44. The second-order valence-electron chi connectivity index (χ2n) is 8.37. The van der Waals surface area contributed by atoms with Crippen molar-refractivity contribution in [2.75, 3.05) is 42.9 Å². The molecular weight excluding hydrogens is 492 g/mol. The molecule has 1 N–H and O–H groups in total. The maximum atomic E-state index is 12.5. The molecule has 0 spiro atoms. The van der Waals surface area contributed by atoms with E-state index in [-0.39, 0.29) is 5.91 Å². The molecule has 2 aromatic heterocycles. The lowest BCUT2D eigenvalue weighted by atomic mass is 10.0. The molecule has 0 bridgehead atoms. The smallest absolute Gasteiger partial charge is 0.238 e. The van der Waals surface area contributed by atoms with Gasteiger partial charge in [-0.3, -0.25) is 14.7 Å². The van der Waals surface area contributed by atoms with Crippen LogP contribution in [-0.4, -0.2) is 58.7 Å². The lowest BCUT2D eigenvalue weighted by molar-refractivity contribution is -0.117. The van der Waals surface area contributed by atoms with Crippen molar-refractivity contribution < 1.29 is 4.79 Å². The Balaban J connectivity index is 1.25. The van der Waals surface area contributed by atoms with E-state index < -0.39 is 0 Å². The van der Waals surface area contributed by atoms with Crippen molar-refractivity contribution in [2.45, 2.75) is 6.42 Å². The fourth-order valence-corrected chi connectivity index (χ4v) is 4.69. The van der Waals surface area contributed by atoms with E-state index in [1.807, 2.05) is 48.5 Å². The van der Waals surface area contributed by atoms with Crippen LogP contribution in [0.4, 0.5) is 11.5 Å². The van der Waals surface area contributed by atoms with Gasteiger partial charge in [0.05, 0.1) is 12.2 Å². The number of nitrogens with one attached hydrogen (secondary N) is 1. The molecule has 3 heterocycles. The minimum absolute atomic E-state index is 0.00254. The molecule has 1 fully saturated rings. The van der Waals surface area contributed by atoms with Gasteiger partial charge in [0, 0.05) is 65.9 Å². The van der Waals surface area contributed by atoms with Gasteiger partial charge in [0.15, 0.2) is 5.82 Å². The molecular formula is C26H25BrN6O. The minimum Gasteiger partial charge on any atom is -0.352 e. The first kappa shape index (κ1) is 22.4. The second kappa shape index (κ2) is 10.3. The Labute approximate surface area is 207 Å². The summed E-state index contributed by atoms with van der Waals surface area (Å²) in [4.78, 5) is 21.0. The average Bonchev–Trinajstić information content (AvgIpc) is 2.85. The number of hydrogen-bond donors (Lipinski definition) is 1. The van der Waals surface area contributed by atoms with E-state index >= 15 is 0 Å². The summed E-state index contributed by atoms with van der Waals surface area (Å²) in [7, 11) is 0. The molecule has 0 unspecified atom stereocenters. The average molecular weight is 517 g/mol. The van der Waals surface area contributed by atoms with Crippen LogP contribution in [-0.2, 0) is 11.2 Å². The monoisotopic (exact) mass is 516 g/mol. The zero-order chi connectivity index (χ0) is 23.3. The van der Waals surface area contributed by atoms with Gasteiger partial charge < -0.3 is 10.2 Å². The van der Waals surface area contributed by atoms with E-state index in [1.165, 1.54) is 0 Å². The molecule has 1 amide bonds. The van der Waals surface area contributed by atoms with Crippen molar-refractivity contribution in [3.05, 3.63) is 88.8 Å². The van der Waals surface area contributed by atoms with Gasteiger partial charge in [0.1, 0.15) is 0 Å². The number of nitrogens with zero attached hydrogens (tertiary/aromatic N) is 5. The first-order valence-corrected chi connectivity index (χ1v) is 12.1. The quantitative estimate of drug-likeness (QED) is 0.415. The van der Waals surface area contributed by atoms with Crippen molar-refractivity contribution in [2.24, 2.45) is 0 Å². The largest absolute Gasteiger partial charge is 0.352 e. The van der Waals surface area contributed by atoms with Crippen molar-refractivity contribution in [3.63, 3.8) is 0 Å². The predicted molar refractivity (Wildman–Crippen MR) is 138 cm³/mol. The second-order valence-corrected chi connectivity index (χ2v) is 9.29. The van der Waals surface area contributed by atoms with Crippen LogP contribution < -0.4 is 10.2 Å². The Morgan fingerprint density at radius 1 is 0.912 bits per heavy atom. The van der Waals surface area contributed by atoms with Crippen molar-refractivity contribution in [1.29, 1.82) is 0 Å². The number of pyridine rings is 1. The minimum atomic E-state index is -0.00254. The van der Waals surface area contributed by atoms with Crippen LogP contribution in [0.25, 0.3) is 10.8 Å². The molecule has 1 aliphatic heterocycles. The zero-order valence-electron chi connectivity index (χ0n) is 18.7. The number of rotatable bonds is 6. The number of aromatic nitrogens is 3. The van der Waals surface area contributed by atoms with Gasteiger partial charge in [-0.2, -0.15) is 5.10 Å². The lowest BCUT2D eigenvalue weighted by Gasteiger charge is -2.35. The van der Waals surface area contributed by atoms with Gasteiger partial charge in [0.25, 0.3) is 0 Å². The Bertz CT molecular complexity index is 1290. The fourth-order valence-electron chi connectivity index (χ4n) is 4.29. The topological polar surface area (TPSA) is 74.2 Å². The highest BCUT2D eigenvalue weighted by atomic mass is 79.9. The van der Waals surface area contributed by atoms with E-state index in [1.54, 1.807) is 12.4 Å². The van der Waals surface area contributed by atoms with E-state index in [4.69, 9.17) is 0 Å². The summed E-state index contributed by atoms with van der Waals surface area (Å²) in [6, 6.07) is 20.0. The number of amides is 1. The maximum Gasteiger partial charge on any atom is 0.238 e. The van der Waals surface area contributed by atoms with E-state index in [0.29, 0.717) is 6.54 Å². The van der Waals surface area contributed by atoms with Crippen LogP contribution in [0.1, 0.15) is 11.3 Å². The predicted octanol–water partition coefficient (Wildman–Crippen LogP) is 4.14. The number of anilines is 2. The molecule has 5 rings (SSSR count). The number of fused-ring (bicyclic) bond motifs is 1. The SMILES string of the molecule is O=C(CN1CCN(c2nnc(Cc3ccncc3)c3ccccc23)CC1)Nc1cccc(Br)c1. The standard InChI is InChI=1S/C26H25BrN6O/c27-20-4-3-5-21(17-20)29-25(34)18-32-12-14-33(15-13-32)26-23-7-2-1-6-22(23)24(30-31-26)16-19-8-10-28-11-9-19/h1-11,17H,12-16,18H2,(H,29,34). The Hall–Kier alpha value is -3.36. The molecule has 0 atom stereocenters. The highest BCUT2D eigenvalue weighted by Gasteiger charge is 2.22. The summed E-state index contributed by atoms with van der Waals surface area (Å²) in [5, 5.41) is 14.5. The molecule has 0 aliphatic carbocycles. The fraction of sp³-hybridized carbons (Fsp3) is 0.231. The first-order valence-electron chi connectivity index (χ1n) is 11.3. The van der Waals surface area contributed by atoms with Crippen molar-refractivity contribution in [3.8, 4) is 0 Å². The summed E-state index contributed by atoms with van der Waals surface area (Å²) in [6.45, 7) is 3.55. The molecule has 0 radical (unpaired) electrons. The van der Waals surface area contributed by atoms with Crippen molar-refractivity contribution >= 4 is 44.1 Å².